The van der Waals surface area contributed by atoms with E-state index in [2.05, 4.69) is 5.32 Å². The van der Waals surface area contributed by atoms with Gasteiger partial charge in [-0.3, -0.25) is 19.3 Å². The molecule has 1 heterocycles. The van der Waals surface area contributed by atoms with Gasteiger partial charge in [0.1, 0.15) is 18.0 Å². The lowest BCUT2D eigenvalue weighted by atomic mass is 10.2. The van der Waals surface area contributed by atoms with Crippen molar-refractivity contribution in [2.45, 2.75) is 13.3 Å². The highest BCUT2D eigenvalue weighted by molar-refractivity contribution is 8.18. The number of esters is 1. The van der Waals surface area contributed by atoms with Gasteiger partial charge in [-0.25, -0.2) is 4.79 Å². The Morgan fingerprint density at radius 2 is 1.76 bits per heavy atom. The number of thioether (sulfide) groups is 1. The Bertz CT molecular complexity index is 1410. The predicted octanol–water partition coefficient (Wildman–Crippen LogP) is 6.37. The summed E-state index contributed by atoms with van der Waals surface area (Å²) >= 11 is 6.84. The van der Waals surface area contributed by atoms with Crippen LogP contribution in [0.4, 0.5) is 10.5 Å². The number of rotatable bonds is 9. The van der Waals surface area contributed by atoms with Crippen molar-refractivity contribution >= 4 is 58.1 Å². The number of ether oxygens (including phenoxy) is 2. The quantitative estimate of drug-likeness (QED) is 0.244. The van der Waals surface area contributed by atoms with E-state index in [1.165, 1.54) is 18.2 Å². The van der Waals surface area contributed by atoms with Crippen LogP contribution >= 0.6 is 23.4 Å². The molecule has 1 aliphatic rings. The first-order valence-electron chi connectivity index (χ1n) is 11.7. The number of nitrogens with zero attached hydrogens (tertiary/aromatic N) is 1. The second-order valence-electron chi connectivity index (χ2n) is 8.13. The molecule has 0 atom stereocenters. The molecule has 8 nitrogen and oxygen atoms in total. The lowest BCUT2D eigenvalue weighted by Crippen LogP contribution is -2.36. The normalized spacial score (nSPS) is 14.1. The summed E-state index contributed by atoms with van der Waals surface area (Å²) in [7, 11) is 0. The Labute approximate surface area is 228 Å². The first kappa shape index (κ1) is 27.0. The largest absolute Gasteiger partial charge is 0.462 e. The number of para-hydroxylation sites is 1. The third kappa shape index (κ3) is 6.81. The van der Waals surface area contributed by atoms with E-state index >= 15 is 0 Å². The summed E-state index contributed by atoms with van der Waals surface area (Å²) in [6.07, 6.45) is 2.23. The number of carbonyl (C=O) groups excluding carboxylic acids is 4. The van der Waals surface area contributed by atoms with Crippen LogP contribution in [0.15, 0.2) is 77.7 Å². The molecule has 1 N–H and O–H groups in total. The Morgan fingerprint density at radius 1 is 1.00 bits per heavy atom. The van der Waals surface area contributed by atoms with Crippen molar-refractivity contribution in [3.05, 3.63) is 93.9 Å². The molecule has 3 aromatic carbocycles. The molecule has 10 heteroatoms. The third-order valence-electron chi connectivity index (χ3n) is 5.22. The Hall–Kier alpha value is -4.08. The van der Waals surface area contributed by atoms with Gasteiger partial charge in [0.05, 0.1) is 22.1 Å². The van der Waals surface area contributed by atoms with Crippen LogP contribution in [0.3, 0.4) is 0 Å². The average Bonchev–Trinajstić information content (AvgIpc) is 3.16. The minimum absolute atomic E-state index is 0.102. The van der Waals surface area contributed by atoms with E-state index in [4.69, 9.17) is 21.1 Å². The molecule has 0 aromatic heterocycles. The zero-order valence-corrected chi connectivity index (χ0v) is 21.9. The van der Waals surface area contributed by atoms with E-state index < -0.39 is 29.6 Å². The number of benzene rings is 3. The fraction of sp³-hybridized carbons (Fsp3) is 0.143. The topological polar surface area (TPSA) is 102 Å². The highest BCUT2D eigenvalue weighted by Gasteiger charge is 2.36. The van der Waals surface area contributed by atoms with Crippen molar-refractivity contribution in [2.24, 2.45) is 0 Å². The van der Waals surface area contributed by atoms with Gasteiger partial charge < -0.3 is 14.8 Å². The van der Waals surface area contributed by atoms with Gasteiger partial charge in [-0.15, -0.1) is 0 Å². The first-order chi connectivity index (χ1) is 18.3. The second-order valence-corrected chi connectivity index (χ2v) is 9.53. The summed E-state index contributed by atoms with van der Waals surface area (Å²) in [5.41, 5.74) is 1.04. The molecule has 1 fully saturated rings. The molecule has 0 spiro atoms. The van der Waals surface area contributed by atoms with Crippen LogP contribution in [0.1, 0.15) is 29.3 Å². The summed E-state index contributed by atoms with van der Waals surface area (Å²) in [6, 6.07) is 20.7. The zero-order valence-electron chi connectivity index (χ0n) is 20.3. The maximum absolute atomic E-state index is 12.9. The van der Waals surface area contributed by atoms with E-state index in [1.807, 2.05) is 37.3 Å². The number of hydrogen-bond acceptors (Lipinski definition) is 7. The number of nitrogens with one attached hydrogen (secondary N) is 1. The number of halogens is 1. The lowest BCUT2D eigenvalue weighted by Gasteiger charge is -2.13. The second kappa shape index (κ2) is 12.4. The fourth-order valence-electron chi connectivity index (χ4n) is 3.46. The van der Waals surface area contributed by atoms with Gasteiger partial charge in [-0.2, -0.15) is 0 Å². The van der Waals surface area contributed by atoms with Gasteiger partial charge in [0, 0.05) is 5.69 Å². The van der Waals surface area contributed by atoms with Crippen LogP contribution < -0.4 is 10.1 Å². The van der Waals surface area contributed by atoms with Gasteiger partial charge in [-0.05, 0) is 72.3 Å². The van der Waals surface area contributed by atoms with Crippen LogP contribution in [-0.2, 0) is 14.3 Å². The van der Waals surface area contributed by atoms with Crippen molar-refractivity contribution in [1.29, 1.82) is 0 Å². The standard InChI is InChI=1S/C28H23ClN2O6S/c1-2-13-36-27(34)22-16-19(11-12-23(22)29)30-25(32)17-31-26(33)24(38-28(31)35)15-18-7-6-10-21(14-18)37-20-8-4-3-5-9-20/h3-12,14-16H,2,13,17H2,1H3,(H,30,32)/b24-15+. The number of hydrogen-bond donors (Lipinski definition) is 1. The van der Waals surface area contributed by atoms with Crippen LogP contribution in [0.25, 0.3) is 6.08 Å². The van der Waals surface area contributed by atoms with Crippen molar-refractivity contribution in [3.8, 4) is 11.5 Å². The molecule has 0 unspecified atom stereocenters. The number of amides is 3. The molecule has 194 valence electrons. The number of anilines is 1. The molecular weight excluding hydrogens is 528 g/mol. The minimum Gasteiger partial charge on any atom is -0.462 e. The van der Waals surface area contributed by atoms with Gasteiger partial charge >= 0.3 is 5.97 Å². The predicted molar refractivity (Wildman–Crippen MR) is 146 cm³/mol. The Balaban J connectivity index is 1.41. The van der Waals surface area contributed by atoms with E-state index in [0.29, 0.717) is 23.5 Å². The molecule has 1 saturated heterocycles. The summed E-state index contributed by atoms with van der Waals surface area (Å²) in [5, 5.41) is 2.20. The number of carbonyl (C=O) groups is 4. The smallest absolute Gasteiger partial charge is 0.339 e. The van der Waals surface area contributed by atoms with Crippen LogP contribution in [-0.4, -0.2) is 41.1 Å². The minimum atomic E-state index is -0.609. The van der Waals surface area contributed by atoms with E-state index in [-0.39, 0.29) is 27.8 Å². The summed E-state index contributed by atoms with van der Waals surface area (Å²) in [5.74, 6) is -0.556. The van der Waals surface area contributed by atoms with E-state index in [0.717, 1.165) is 16.7 Å². The molecule has 0 saturated carbocycles. The van der Waals surface area contributed by atoms with Gasteiger partial charge in [0.2, 0.25) is 5.91 Å². The fourth-order valence-corrected chi connectivity index (χ4v) is 4.49. The monoisotopic (exact) mass is 550 g/mol. The van der Waals surface area contributed by atoms with Crippen molar-refractivity contribution in [3.63, 3.8) is 0 Å². The molecule has 0 aliphatic carbocycles. The molecule has 1 aliphatic heterocycles. The maximum Gasteiger partial charge on any atom is 0.339 e. The molecule has 38 heavy (non-hydrogen) atoms. The Kier molecular flexibility index (Phi) is 8.83. The van der Waals surface area contributed by atoms with Crippen molar-refractivity contribution in [1.82, 2.24) is 4.90 Å². The Morgan fingerprint density at radius 3 is 2.53 bits per heavy atom. The highest BCUT2D eigenvalue weighted by Crippen LogP contribution is 2.33. The molecule has 3 aromatic rings. The van der Waals surface area contributed by atoms with E-state index in [1.54, 1.807) is 30.3 Å². The van der Waals surface area contributed by atoms with Crippen LogP contribution in [0.2, 0.25) is 5.02 Å². The average molecular weight is 551 g/mol. The van der Waals surface area contributed by atoms with E-state index in [9.17, 15) is 19.2 Å². The van der Waals surface area contributed by atoms with Gasteiger partial charge in [0.15, 0.2) is 0 Å². The summed E-state index contributed by atoms with van der Waals surface area (Å²) in [6.45, 7) is 1.61. The summed E-state index contributed by atoms with van der Waals surface area (Å²) < 4.78 is 10.9. The zero-order chi connectivity index (χ0) is 27.1. The highest BCUT2D eigenvalue weighted by atomic mass is 35.5. The third-order valence-corrected chi connectivity index (χ3v) is 6.45. The summed E-state index contributed by atoms with van der Waals surface area (Å²) in [4.78, 5) is 51.3. The van der Waals surface area contributed by atoms with Crippen molar-refractivity contribution in [2.75, 3.05) is 18.5 Å². The molecular formula is C28H23ClN2O6S. The lowest BCUT2D eigenvalue weighted by molar-refractivity contribution is -0.127. The molecule has 3 amide bonds. The van der Waals surface area contributed by atoms with Crippen LogP contribution in [0, 0.1) is 0 Å². The molecule has 0 bridgehead atoms. The first-order valence-corrected chi connectivity index (χ1v) is 12.9. The van der Waals surface area contributed by atoms with Crippen LogP contribution in [0.5, 0.6) is 11.5 Å². The number of imide groups is 1. The van der Waals surface area contributed by atoms with Gasteiger partial charge in [0.25, 0.3) is 11.1 Å². The molecule has 4 rings (SSSR count). The van der Waals surface area contributed by atoms with Crippen molar-refractivity contribution < 1.29 is 28.7 Å². The van der Waals surface area contributed by atoms with Gasteiger partial charge in [-0.1, -0.05) is 48.9 Å². The SMILES string of the molecule is CCCOC(=O)c1cc(NC(=O)CN2C(=O)S/C(=C/c3cccc(Oc4ccccc4)c3)C2=O)ccc1Cl. The maximum atomic E-state index is 12.9. The molecule has 0 radical (unpaired) electrons.